The first kappa shape index (κ1) is 19.0. The van der Waals surface area contributed by atoms with Gasteiger partial charge in [-0.05, 0) is 36.8 Å². The lowest BCUT2D eigenvalue weighted by Crippen LogP contribution is -2.35. The van der Waals surface area contributed by atoms with Crippen molar-refractivity contribution in [3.05, 3.63) is 64.4 Å². The predicted molar refractivity (Wildman–Crippen MR) is 102 cm³/mol. The number of amides is 1. The highest BCUT2D eigenvalue weighted by atomic mass is 35.5. The summed E-state index contributed by atoms with van der Waals surface area (Å²) in [6.45, 7) is 0. The molecule has 27 heavy (non-hydrogen) atoms. The van der Waals surface area contributed by atoms with Crippen molar-refractivity contribution in [1.29, 1.82) is 0 Å². The van der Waals surface area contributed by atoms with E-state index < -0.39 is 17.8 Å². The van der Waals surface area contributed by atoms with E-state index in [1.54, 1.807) is 43.4 Å². The van der Waals surface area contributed by atoms with Crippen LogP contribution in [0.1, 0.15) is 24.0 Å². The topological polar surface area (TPSA) is 59.0 Å². The van der Waals surface area contributed by atoms with Gasteiger partial charge in [-0.3, -0.25) is 14.6 Å². The zero-order valence-corrected chi connectivity index (χ0v) is 15.7. The Kier molecular flexibility index (Phi) is 5.56. The van der Waals surface area contributed by atoms with E-state index in [1.807, 2.05) is 0 Å². The molecule has 0 fully saturated rings. The molecule has 3 rings (SSSR count). The minimum atomic E-state index is -0.838. The summed E-state index contributed by atoms with van der Waals surface area (Å²) in [6.07, 6.45) is 0.196. The molecule has 0 unspecified atom stereocenters. The molecule has 0 aliphatic carbocycles. The van der Waals surface area contributed by atoms with E-state index in [9.17, 15) is 14.0 Å². The van der Waals surface area contributed by atoms with Gasteiger partial charge >= 0.3 is 5.97 Å². The number of benzodiazepines with no additional fused rings is 1. The molecule has 0 bridgehead atoms. The second-order valence-corrected chi connectivity index (χ2v) is 6.58. The van der Waals surface area contributed by atoms with Gasteiger partial charge in [-0.25, -0.2) is 4.39 Å². The van der Waals surface area contributed by atoms with Gasteiger partial charge in [0.25, 0.3) is 5.91 Å². The van der Waals surface area contributed by atoms with E-state index in [0.29, 0.717) is 22.0 Å². The minimum Gasteiger partial charge on any atom is -0.469 e. The molecular weight excluding hydrogens is 371 g/mol. The van der Waals surface area contributed by atoms with Crippen molar-refractivity contribution in [3.63, 3.8) is 0 Å². The largest absolute Gasteiger partial charge is 0.469 e. The Morgan fingerprint density at radius 3 is 2.70 bits per heavy atom. The average Bonchev–Trinajstić information content (AvgIpc) is 2.76. The highest BCUT2D eigenvalue weighted by Crippen LogP contribution is 2.31. The number of likely N-dealkylation sites (N-methyl/N-ethyl adjacent to an activating group) is 1. The van der Waals surface area contributed by atoms with Crippen LogP contribution < -0.4 is 4.90 Å². The van der Waals surface area contributed by atoms with Gasteiger partial charge in [0, 0.05) is 29.6 Å². The fourth-order valence-electron chi connectivity index (χ4n) is 3.03. The third kappa shape index (κ3) is 3.85. The number of aliphatic imine (C=N–C) groups is 1. The lowest BCUT2D eigenvalue weighted by Gasteiger charge is -2.20. The zero-order chi connectivity index (χ0) is 19.6. The lowest BCUT2D eigenvalue weighted by molar-refractivity contribution is -0.140. The Labute approximate surface area is 161 Å². The number of ether oxygens (including phenoxy) is 1. The lowest BCUT2D eigenvalue weighted by atomic mass is 9.99. The first-order valence-electron chi connectivity index (χ1n) is 8.39. The number of esters is 1. The summed E-state index contributed by atoms with van der Waals surface area (Å²) in [5.41, 5.74) is 1.74. The van der Waals surface area contributed by atoms with Gasteiger partial charge in [-0.15, -0.1) is 0 Å². The normalized spacial score (nSPS) is 16.4. The van der Waals surface area contributed by atoms with Crippen molar-refractivity contribution in [2.45, 2.75) is 18.9 Å². The maximum atomic E-state index is 14.5. The number of benzene rings is 2. The van der Waals surface area contributed by atoms with E-state index in [0.717, 1.165) is 0 Å². The van der Waals surface area contributed by atoms with Crippen molar-refractivity contribution in [3.8, 4) is 0 Å². The third-order valence-corrected chi connectivity index (χ3v) is 4.69. The molecule has 0 N–H and O–H groups in total. The fraction of sp³-hybridized carbons (Fsp3) is 0.250. The van der Waals surface area contributed by atoms with Crippen molar-refractivity contribution >= 4 is 34.9 Å². The van der Waals surface area contributed by atoms with Gasteiger partial charge in [0.15, 0.2) is 0 Å². The molecule has 2 aromatic rings. The van der Waals surface area contributed by atoms with Crippen LogP contribution in [0.15, 0.2) is 47.5 Å². The summed E-state index contributed by atoms with van der Waals surface area (Å²) in [5.74, 6) is -1.17. The van der Waals surface area contributed by atoms with Crippen LogP contribution in [0.5, 0.6) is 0 Å². The van der Waals surface area contributed by atoms with Crippen LogP contribution in [0.4, 0.5) is 10.1 Å². The van der Waals surface area contributed by atoms with Crippen LogP contribution in [0.3, 0.4) is 0 Å². The molecule has 7 heteroatoms. The van der Waals surface area contributed by atoms with Gasteiger partial charge < -0.3 is 9.64 Å². The molecule has 140 valence electrons. The summed E-state index contributed by atoms with van der Waals surface area (Å²) in [6, 6.07) is 10.4. The van der Waals surface area contributed by atoms with Gasteiger partial charge in [-0.1, -0.05) is 23.7 Å². The molecule has 5 nitrogen and oxygen atoms in total. The standard InChI is InChI=1S/C20H18ClFN2O3/c1-24-17-9-7-12(21)11-14(17)19(13-5-3-4-6-15(13)22)23-16(20(24)26)8-10-18(25)27-2/h3-7,9,11,16H,8,10H2,1-2H3/t16-/m1/s1. The zero-order valence-electron chi connectivity index (χ0n) is 14.9. The molecule has 2 aromatic carbocycles. The van der Waals surface area contributed by atoms with Crippen molar-refractivity contribution < 1.29 is 18.7 Å². The van der Waals surface area contributed by atoms with E-state index >= 15 is 0 Å². The van der Waals surface area contributed by atoms with Crippen molar-refractivity contribution in [1.82, 2.24) is 0 Å². The second-order valence-electron chi connectivity index (χ2n) is 6.15. The van der Waals surface area contributed by atoms with Gasteiger partial charge in [0.2, 0.25) is 0 Å². The maximum Gasteiger partial charge on any atom is 0.305 e. The number of hydrogen-bond acceptors (Lipinski definition) is 4. The Hall–Kier alpha value is -2.73. The molecular formula is C20H18ClFN2O3. The van der Waals surface area contributed by atoms with Crippen molar-refractivity contribution in [2.24, 2.45) is 4.99 Å². The van der Waals surface area contributed by atoms with Crippen LogP contribution in [-0.4, -0.2) is 37.8 Å². The number of halogens is 2. The summed E-state index contributed by atoms with van der Waals surface area (Å²) in [4.78, 5) is 30.4. The number of hydrogen-bond donors (Lipinski definition) is 0. The molecule has 1 amide bonds. The Bertz CT molecular complexity index is 929. The van der Waals surface area contributed by atoms with Crippen LogP contribution in [0.25, 0.3) is 0 Å². The highest BCUT2D eigenvalue weighted by Gasteiger charge is 2.31. The predicted octanol–water partition coefficient (Wildman–Crippen LogP) is 3.61. The first-order valence-corrected chi connectivity index (χ1v) is 8.77. The summed E-state index contributed by atoms with van der Waals surface area (Å²) in [5, 5.41) is 0.451. The van der Waals surface area contributed by atoms with Crippen LogP contribution in [0.2, 0.25) is 5.02 Å². The van der Waals surface area contributed by atoms with E-state index in [4.69, 9.17) is 11.6 Å². The molecule has 0 radical (unpaired) electrons. The summed E-state index contributed by atoms with van der Waals surface area (Å²) in [7, 11) is 2.91. The number of anilines is 1. The second kappa shape index (κ2) is 7.88. The molecule has 0 aromatic heterocycles. The molecule has 1 aliphatic heterocycles. The SMILES string of the molecule is COC(=O)CC[C@H]1N=C(c2ccccc2F)c2cc(Cl)ccc2N(C)C1=O. The molecule has 0 saturated carbocycles. The summed E-state index contributed by atoms with van der Waals surface area (Å²) < 4.78 is 19.2. The quantitative estimate of drug-likeness (QED) is 0.752. The highest BCUT2D eigenvalue weighted by molar-refractivity contribution is 6.32. The fourth-order valence-corrected chi connectivity index (χ4v) is 3.20. The van der Waals surface area contributed by atoms with Gasteiger partial charge in [0.1, 0.15) is 11.9 Å². The summed E-state index contributed by atoms with van der Waals surface area (Å²) >= 11 is 6.15. The average molecular weight is 389 g/mol. The monoisotopic (exact) mass is 388 g/mol. The van der Waals surface area contributed by atoms with Gasteiger partial charge in [0.05, 0.1) is 18.5 Å². The third-order valence-electron chi connectivity index (χ3n) is 4.45. The number of methoxy groups -OCH3 is 1. The molecule has 0 spiro atoms. The van der Waals surface area contributed by atoms with Crippen molar-refractivity contribution in [2.75, 3.05) is 19.1 Å². The van der Waals surface area contributed by atoms with Crippen LogP contribution in [-0.2, 0) is 14.3 Å². The molecule has 1 heterocycles. The molecule has 1 aliphatic rings. The number of carbonyl (C=O) groups is 2. The van der Waals surface area contributed by atoms with Crippen LogP contribution >= 0.6 is 11.6 Å². The Morgan fingerprint density at radius 1 is 1.26 bits per heavy atom. The molecule has 1 atom stereocenters. The Balaban J connectivity index is 2.16. The number of fused-ring (bicyclic) bond motifs is 1. The maximum absolute atomic E-state index is 14.5. The number of rotatable bonds is 4. The Morgan fingerprint density at radius 2 is 2.00 bits per heavy atom. The van der Waals surface area contributed by atoms with E-state index in [-0.39, 0.29) is 24.3 Å². The smallest absolute Gasteiger partial charge is 0.305 e. The minimum absolute atomic E-state index is 0.0336. The van der Waals surface area contributed by atoms with E-state index in [1.165, 1.54) is 18.1 Å². The molecule has 0 saturated heterocycles. The van der Waals surface area contributed by atoms with Crippen LogP contribution in [0, 0.1) is 5.82 Å². The number of nitrogens with zero attached hydrogens (tertiary/aromatic N) is 2. The number of carbonyl (C=O) groups excluding carboxylic acids is 2. The first-order chi connectivity index (χ1) is 12.9. The van der Waals surface area contributed by atoms with E-state index in [2.05, 4.69) is 9.73 Å². The van der Waals surface area contributed by atoms with Gasteiger partial charge in [-0.2, -0.15) is 0 Å².